The molecule has 0 spiro atoms. The topological polar surface area (TPSA) is 54.0 Å². The smallest absolute Gasteiger partial charge is 0.243 e. The predicted octanol–water partition coefficient (Wildman–Crippen LogP) is 2.39. The molecule has 0 radical (unpaired) electrons. The molecule has 102 valence electrons. The number of hydrogen-bond acceptors (Lipinski definition) is 3. The lowest BCUT2D eigenvalue weighted by Gasteiger charge is -2.25. The van der Waals surface area contributed by atoms with E-state index >= 15 is 0 Å². The predicted molar refractivity (Wildman–Crippen MR) is 78.7 cm³/mol. The molecule has 0 bridgehead atoms. The van der Waals surface area contributed by atoms with E-state index in [0.717, 1.165) is 0 Å². The van der Waals surface area contributed by atoms with Crippen LogP contribution in [0.2, 0.25) is 5.02 Å². The van der Waals surface area contributed by atoms with Gasteiger partial charge in [-0.25, -0.2) is 4.98 Å². The van der Waals surface area contributed by atoms with Crippen molar-refractivity contribution in [3.8, 4) is 0 Å². The number of pyridine rings is 1. The molecule has 2 heterocycles. The van der Waals surface area contributed by atoms with Crippen LogP contribution in [0, 0.1) is 0 Å². The van der Waals surface area contributed by atoms with Gasteiger partial charge in [-0.15, -0.1) is 0 Å². The fourth-order valence-electron chi connectivity index (χ4n) is 2.33. The van der Waals surface area contributed by atoms with Gasteiger partial charge in [0.05, 0.1) is 6.04 Å². The average molecular weight is 288 g/mol. The molecule has 1 aliphatic rings. The molecule has 1 aromatic carbocycles. The zero-order chi connectivity index (χ0) is 13.9. The minimum absolute atomic E-state index is 0.0886. The first-order valence-electron chi connectivity index (χ1n) is 6.45. The number of hydrogen-bond donors (Lipinski definition) is 2. The molecule has 1 atom stereocenters. The quantitative estimate of drug-likeness (QED) is 0.892. The minimum Gasteiger partial charge on any atom is -0.309 e. The van der Waals surface area contributed by atoms with Gasteiger partial charge < -0.3 is 10.6 Å². The van der Waals surface area contributed by atoms with Gasteiger partial charge in [-0.3, -0.25) is 4.79 Å². The van der Waals surface area contributed by atoms with Crippen LogP contribution in [0.25, 0.3) is 0 Å². The second-order valence-corrected chi connectivity index (χ2v) is 5.19. The first-order chi connectivity index (χ1) is 9.72. The molecule has 2 N–H and O–H groups in total. The summed E-state index contributed by atoms with van der Waals surface area (Å²) in [5, 5.41) is 6.58. The Balaban J connectivity index is 1.70. The van der Waals surface area contributed by atoms with Gasteiger partial charge in [0.25, 0.3) is 0 Å². The van der Waals surface area contributed by atoms with Crippen molar-refractivity contribution in [2.24, 2.45) is 0 Å². The number of anilines is 1. The van der Waals surface area contributed by atoms with E-state index in [1.54, 1.807) is 18.3 Å². The third-order valence-corrected chi connectivity index (χ3v) is 3.61. The first kappa shape index (κ1) is 13.1. The van der Waals surface area contributed by atoms with E-state index in [-0.39, 0.29) is 11.9 Å². The van der Waals surface area contributed by atoms with Crippen molar-refractivity contribution in [3.63, 3.8) is 0 Å². The molecule has 20 heavy (non-hydrogen) atoms. The van der Waals surface area contributed by atoms with Crippen molar-refractivity contribution in [3.05, 3.63) is 58.7 Å². The number of carbonyl (C=O) groups is 1. The third kappa shape index (κ3) is 2.81. The molecule has 5 heteroatoms. The van der Waals surface area contributed by atoms with Gasteiger partial charge in [0.2, 0.25) is 5.91 Å². The van der Waals surface area contributed by atoms with Gasteiger partial charge in [0.15, 0.2) is 0 Å². The van der Waals surface area contributed by atoms with Crippen LogP contribution in [-0.4, -0.2) is 16.9 Å². The van der Waals surface area contributed by atoms with Gasteiger partial charge in [0, 0.05) is 17.8 Å². The zero-order valence-corrected chi connectivity index (χ0v) is 11.5. The number of nitrogens with zero attached hydrogens (tertiary/aromatic N) is 1. The lowest BCUT2D eigenvalue weighted by molar-refractivity contribution is -0.118. The maximum atomic E-state index is 12.2. The minimum atomic E-state index is -0.245. The van der Waals surface area contributed by atoms with Crippen LogP contribution < -0.4 is 10.6 Å². The van der Waals surface area contributed by atoms with Gasteiger partial charge in [-0.2, -0.15) is 0 Å². The molecule has 0 saturated heterocycles. The van der Waals surface area contributed by atoms with Gasteiger partial charge in [-0.05, 0) is 29.7 Å². The van der Waals surface area contributed by atoms with Crippen molar-refractivity contribution < 1.29 is 4.79 Å². The zero-order valence-electron chi connectivity index (χ0n) is 10.8. The van der Waals surface area contributed by atoms with E-state index in [2.05, 4.69) is 27.8 Å². The molecule has 4 nitrogen and oxygen atoms in total. The van der Waals surface area contributed by atoms with Crippen molar-refractivity contribution in [1.82, 2.24) is 10.3 Å². The highest BCUT2D eigenvalue weighted by Crippen LogP contribution is 2.17. The fraction of sp³-hybridized carbons (Fsp3) is 0.200. The molecular formula is C15H14ClN3O. The van der Waals surface area contributed by atoms with Crippen LogP contribution in [0.1, 0.15) is 11.1 Å². The van der Waals surface area contributed by atoms with E-state index < -0.39 is 0 Å². The molecular weight excluding hydrogens is 274 g/mol. The highest BCUT2D eigenvalue weighted by atomic mass is 35.5. The highest BCUT2D eigenvalue weighted by Gasteiger charge is 2.24. The summed E-state index contributed by atoms with van der Waals surface area (Å²) in [5.74, 6) is 0.387. The third-order valence-electron chi connectivity index (χ3n) is 3.37. The Hall–Kier alpha value is -1.91. The summed E-state index contributed by atoms with van der Waals surface area (Å²) in [6.07, 6.45) is 2.25. The second kappa shape index (κ2) is 5.61. The molecule has 1 amide bonds. The first-order valence-corrected chi connectivity index (χ1v) is 6.83. The molecule has 2 aromatic rings. The lowest BCUT2D eigenvalue weighted by atomic mass is 9.95. The Morgan fingerprint density at radius 2 is 2.10 bits per heavy atom. The van der Waals surface area contributed by atoms with Crippen LogP contribution in [0.3, 0.4) is 0 Å². The Labute approximate surface area is 122 Å². The summed E-state index contributed by atoms with van der Waals surface area (Å²) in [6, 6.07) is 11.2. The number of halogens is 1. The molecule has 1 aromatic heterocycles. The Morgan fingerprint density at radius 3 is 2.90 bits per heavy atom. The lowest BCUT2D eigenvalue weighted by Crippen LogP contribution is -2.44. The van der Waals surface area contributed by atoms with Crippen molar-refractivity contribution >= 4 is 23.3 Å². The average Bonchev–Trinajstić information content (AvgIpc) is 2.47. The van der Waals surface area contributed by atoms with Crippen molar-refractivity contribution in [1.29, 1.82) is 0 Å². The summed E-state index contributed by atoms with van der Waals surface area (Å²) in [7, 11) is 0. The Morgan fingerprint density at radius 1 is 1.30 bits per heavy atom. The van der Waals surface area contributed by atoms with E-state index in [1.807, 2.05) is 12.1 Å². The normalized spacial score (nSPS) is 17.4. The Bertz CT molecular complexity index is 645. The standard InChI is InChI=1S/C15H14ClN3O/c16-12-5-6-17-14(8-12)19-15(20)13-7-10-3-1-2-4-11(10)9-18-13/h1-6,8,13,18H,7,9H2,(H,17,19,20)/t13-/m0/s1. The van der Waals surface area contributed by atoms with Crippen LogP contribution in [0.15, 0.2) is 42.6 Å². The Kier molecular flexibility index (Phi) is 3.67. The van der Waals surface area contributed by atoms with Crippen molar-refractivity contribution in [2.75, 3.05) is 5.32 Å². The molecule has 0 unspecified atom stereocenters. The monoisotopic (exact) mass is 287 g/mol. The van der Waals surface area contributed by atoms with Gasteiger partial charge in [0.1, 0.15) is 5.82 Å². The molecule has 0 saturated carbocycles. The summed E-state index contributed by atoms with van der Waals surface area (Å²) in [6.45, 7) is 0.706. The maximum absolute atomic E-state index is 12.2. The van der Waals surface area contributed by atoms with E-state index in [4.69, 9.17) is 11.6 Å². The van der Waals surface area contributed by atoms with E-state index in [0.29, 0.717) is 23.8 Å². The number of rotatable bonds is 2. The summed E-state index contributed by atoms with van der Waals surface area (Å²) >= 11 is 5.87. The number of fused-ring (bicyclic) bond motifs is 1. The second-order valence-electron chi connectivity index (χ2n) is 4.75. The highest BCUT2D eigenvalue weighted by molar-refractivity contribution is 6.30. The van der Waals surface area contributed by atoms with Crippen LogP contribution in [-0.2, 0) is 17.8 Å². The SMILES string of the molecule is O=C(Nc1cc(Cl)ccn1)[C@@H]1Cc2ccccc2CN1. The van der Waals surface area contributed by atoms with Crippen LogP contribution >= 0.6 is 11.6 Å². The summed E-state index contributed by atoms with van der Waals surface area (Å²) < 4.78 is 0. The summed E-state index contributed by atoms with van der Waals surface area (Å²) in [4.78, 5) is 16.3. The number of amides is 1. The van der Waals surface area contributed by atoms with Crippen LogP contribution in [0.4, 0.5) is 5.82 Å². The molecule has 0 aliphatic carbocycles. The van der Waals surface area contributed by atoms with Crippen molar-refractivity contribution in [2.45, 2.75) is 19.0 Å². The number of aromatic nitrogens is 1. The number of benzene rings is 1. The molecule has 0 fully saturated rings. The van der Waals surface area contributed by atoms with Gasteiger partial charge in [-0.1, -0.05) is 35.9 Å². The maximum Gasteiger partial charge on any atom is 0.243 e. The fourth-order valence-corrected chi connectivity index (χ4v) is 2.49. The number of carbonyl (C=O) groups excluding carboxylic acids is 1. The van der Waals surface area contributed by atoms with Gasteiger partial charge >= 0.3 is 0 Å². The van der Waals surface area contributed by atoms with E-state index in [9.17, 15) is 4.79 Å². The van der Waals surface area contributed by atoms with E-state index in [1.165, 1.54) is 11.1 Å². The number of nitrogens with one attached hydrogen (secondary N) is 2. The molecule has 3 rings (SSSR count). The van der Waals surface area contributed by atoms with Crippen LogP contribution in [0.5, 0.6) is 0 Å². The largest absolute Gasteiger partial charge is 0.309 e. The molecule has 1 aliphatic heterocycles. The summed E-state index contributed by atoms with van der Waals surface area (Å²) in [5.41, 5.74) is 2.46.